The second-order valence-electron chi connectivity index (χ2n) is 3.36. The Kier molecular flexibility index (Phi) is 4.06. The highest BCUT2D eigenvalue weighted by atomic mass is 19.4. The topological polar surface area (TPSA) is 41.9 Å². The molecular formula is C10H11F3N2O2. The van der Waals surface area contributed by atoms with Crippen molar-refractivity contribution in [3.05, 3.63) is 40.3 Å². The third-order valence-electron chi connectivity index (χ3n) is 2.21. The predicted molar refractivity (Wildman–Crippen MR) is 54.8 cm³/mol. The van der Waals surface area contributed by atoms with E-state index in [1.54, 1.807) is 0 Å². The van der Waals surface area contributed by atoms with Crippen molar-refractivity contribution in [3.8, 4) is 0 Å². The van der Waals surface area contributed by atoms with Gasteiger partial charge in [0.05, 0.1) is 10.8 Å². The van der Waals surface area contributed by atoms with Crippen LogP contribution in [0.2, 0.25) is 0 Å². The standard InChI is InChI=1S/C10H11F3N2O2/c1-15(14-16)9(17-2)7-3-5-8(6-4-7)10(11,12)13/h3-6,9H,1-2H3. The number of rotatable bonds is 4. The van der Waals surface area contributed by atoms with E-state index in [-0.39, 0.29) is 0 Å². The molecule has 0 aliphatic carbocycles. The number of benzene rings is 1. The lowest BCUT2D eigenvalue weighted by molar-refractivity contribution is -0.137. The minimum Gasteiger partial charge on any atom is -0.356 e. The molecule has 0 bridgehead atoms. The van der Waals surface area contributed by atoms with Crippen LogP contribution in [-0.2, 0) is 10.9 Å². The molecule has 0 radical (unpaired) electrons. The maximum Gasteiger partial charge on any atom is 0.416 e. The number of nitrogens with zero attached hydrogens (tertiary/aromatic N) is 2. The van der Waals surface area contributed by atoms with Crippen LogP contribution < -0.4 is 0 Å². The van der Waals surface area contributed by atoms with Crippen LogP contribution in [0.25, 0.3) is 0 Å². The molecule has 17 heavy (non-hydrogen) atoms. The molecule has 0 spiro atoms. The molecule has 0 N–H and O–H groups in total. The van der Waals surface area contributed by atoms with Crippen molar-refractivity contribution in [1.82, 2.24) is 5.01 Å². The summed E-state index contributed by atoms with van der Waals surface area (Å²) in [6.45, 7) is 0. The van der Waals surface area contributed by atoms with E-state index in [1.165, 1.54) is 26.3 Å². The van der Waals surface area contributed by atoms with Gasteiger partial charge in [-0.1, -0.05) is 12.1 Å². The molecule has 4 nitrogen and oxygen atoms in total. The Labute approximate surface area is 95.9 Å². The van der Waals surface area contributed by atoms with Gasteiger partial charge in [-0.05, 0) is 12.1 Å². The SMILES string of the molecule is COC(c1ccc(C(F)(F)F)cc1)N(C)N=O. The van der Waals surface area contributed by atoms with Crippen LogP contribution in [0.1, 0.15) is 17.4 Å². The first-order chi connectivity index (χ1) is 7.90. The highest BCUT2D eigenvalue weighted by Crippen LogP contribution is 2.30. The molecule has 0 fully saturated rings. The lowest BCUT2D eigenvalue weighted by Crippen LogP contribution is -2.20. The summed E-state index contributed by atoms with van der Waals surface area (Å²) in [7, 11) is 2.71. The summed E-state index contributed by atoms with van der Waals surface area (Å²) in [6.07, 6.45) is -5.18. The maximum absolute atomic E-state index is 12.3. The molecule has 0 saturated carbocycles. The van der Waals surface area contributed by atoms with E-state index >= 15 is 0 Å². The summed E-state index contributed by atoms with van der Waals surface area (Å²) in [5.41, 5.74) is -0.333. The second kappa shape index (κ2) is 5.13. The fourth-order valence-electron chi connectivity index (χ4n) is 1.38. The Bertz CT molecular complexity index is 378. The van der Waals surface area contributed by atoms with E-state index in [0.717, 1.165) is 17.1 Å². The van der Waals surface area contributed by atoms with E-state index in [4.69, 9.17) is 4.74 Å². The molecule has 0 heterocycles. The van der Waals surface area contributed by atoms with Gasteiger partial charge in [-0.25, -0.2) is 5.01 Å². The first kappa shape index (κ1) is 13.4. The van der Waals surface area contributed by atoms with Crippen molar-refractivity contribution >= 4 is 0 Å². The molecule has 7 heteroatoms. The fourth-order valence-corrected chi connectivity index (χ4v) is 1.38. The van der Waals surface area contributed by atoms with Gasteiger partial charge in [0.1, 0.15) is 0 Å². The van der Waals surface area contributed by atoms with Crippen LogP contribution in [0.5, 0.6) is 0 Å². The van der Waals surface area contributed by atoms with E-state index < -0.39 is 18.0 Å². The molecule has 1 aromatic rings. The fraction of sp³-hybridized carbons (Fsp3) is 0.400. The van der Waals surface area contributed by atoms with Gasteiger partial charge in [-0.2, -0.15) is 13.2 Å². The van der Waals surface area contributed by atoms with Gasteiger partial charge in [0.25, 0.3) is 0 Å². The Morgan fingerprint density at radius 3 is 2.18 bits per heavy atom. The monoisotopic (exact) mass is 248 g/mol. The van der Waals surface area contributed by atoms with Gasteiger partial charge in [0.2, 0.25) is 0 Å². The number of nitroso groups, excluding NO2 is 1. The van der Waals surface area contributed by atoms with Gasteiger partial charge in [-0.15, -0.1) is 4.91 Å². The lowest BCUT2D eigenvalue weighted by Gasteiger charge is -2.21. The van der Waals surface area contributed by atoms with Crippen LogP contribution in [-0.4, -0.2) is 19.2 Å². The Morgan fingerprint density at radius 1 is 1.29 bits per heavy atom. The second-order valence-corrected chi connectivity index (χ2v) is 3.36. The zero-order valence-electron chi connectivity index (χ0n) is 9.23. The van der Waals surface area contributed by atoms with Crippen LogP contribution >= 0.6 is 0 Å². The number of methoxy groups -OCH3 is 1. The van der Waals surface area contributed by atoms with Crippen molar-refractivity contribution in [2.45, 2.75) is 12.4 Å². The molecule has 0 saturated heterocycles. The van der Waals surface area contributed by atoms with Gasteiger partial charge in [0, 0.05) is 19.7 Å². The summed E-state index contributed by atoms with van der Waals surface area (Å²) < 4.78 is 41.9. The van der Waals surface area contributed by atoms with Crippen molar-refractivity contribution < 1.29 is 17.9 Å². The number of alkyl halides is 3. The molecule has 1 unspecified atom stereocenters. The van der Waals surface area contributed by atoms with Crippen LogP contribution in [0.4, 0.5) is 13.2 Å². The molecule has 94 valence electrons. The van der Waals surface area contributed by atoms with Crippen LogP contribution in [0, 0.1) is 4.91 Å². The number of hydrogen-bond acceptors (Lipinski definition) is 3. The molecule has 0 amide bonds. The van der Waals surface area contributed by atoms with Crippen molar-refractivity contribution in [2.24, 2.45) is 5.29 Å². The molecule has 0 aromatic heterocycles. The molecule has 0 aliphatic rings. The summed E-state index contributed by atoms with van der Waals surface area (Å²) in [5, 5.41) is 3.62. The quantitative estimate of drug-likeness (QED) is 0.467. The largest absolute Gasteiger partial charge is 0.416 e. The number of halogens is 3. The first-order valence-corrected chi connectivity index (χ1v) is 4.66. The van der Waals surface area contributed by atoms with Crippen molar-refractivity contribution in [1.29, 1.82) is 0 Å². The average Bonchev–Trinajstić information content (AvgIpc) is 2.29. The molecule has 1 rings (SSSR count). The first-order valence-electron chi connectivity index (χ1n) is 4.66. The van der Waals surface area contributed by atoms with Gasteiger partial charge in [-0.3, -0.25) is 0 Å². The Balaban J connectivity index is 2.97. The summed E-state index contributed by atoms with van der Waals surface area (Å²) in [6, 6.07) is 4.36. The molecule has 1 atom stereocenters. The third-order valence-corrected chi connectivity index (χ3v) is 2.21. The van der Waals surface area contributed by atoms with E-state index in [1.807, 2.05) is 0 Å². The van der Waals surface area contributed by atoms with Crippen LogP contribution in [0.15, 0.2) is 29.6 Å². The van der Waals surface area contributed by atoms with E-state index in [9.17, 15) is 18.1 Å². The smallest absolute Gasteiger partial charge is 0.356 e. The normalized spacial score (nSPS) is 13.2. The summed E-state index contributed by atoms with van der Waals surface area (Å²) >= 11 is 0. The maximum atomic E-state index is 12.3. The number of hydrogen-bond donors (Lipinski definition) is 0. The van der Waals surface area contributed by atoms with Crippen LogP contribution in [0.3, 0.4) is 0 Å². The zero-order chi connectivity index (χ0) is 13.1. The summed E-state index contributed by atoms with van der Waals surface area (Å²) in [4.78, 5) is 10.3. The highest BCUT2D eigenvalue weighted by molar-refractivity contribution is 5.25. The number of ether oxygens (including phenoxy) is 1. The predicted octanol–water partition coefficient (Wildman–Crippen LogP) is 2.96. The van der Waals surface area contributed by atoms with Crippen molar-refractivity contribution in [3.63, 3.8) is 0 Å². The minimum atomic E-state index is -4.38. The molecular weight excluding hydrogens is 237 g/mol. The minimum absolute atomic E-state index is 0.419. The lowest BCUT2D eigenvalue weighted by atomic mass is 10.1. The third kappa shape index (κ3) is 3.16. The Morgan fingerprint density at radius 2 is 1.82 bits per heavy atom. The van der Waals surface area contributed by atoms with E-state index in [0.29, 0.717) is 5.56 Å². The Hall–Kier alpha value is -1.63. The van der Waals surface area contributed by atoms with E-state index in [2.05, 4.69) is 5.29 Å². The average molecular weight is 248 g/mol. The van der Waals surface area contributed by atoms with Crippen molar-refractivity contribution in [2.75, 3.05) is 14.2 Å². The zero-order valence-corrected chi connectivity index (χ0v) is 9.23. The molecule has 1 aromatic carbocycles. The van der Waals surface area contributed by atoms with Gasteiger partial charge in [0.15, 0.2) is 6.23 Å². The summed E-state index contributed by atoms with van der Waals surface area (Å²) in [5.74, 6) is 0. The van der Waals surface area contributed by atoms with Gasteiger partial charge < -0.3 is 4.74 Å². The van der Waals surface area contributed by atoms with Gasteiger partial charge >= 0.3 is 6.18 Å². The highest BCUT2D eigenvalue weighted by Gasteiger charge is 2.30. The molecule has 0 aliphatic heterocycles.